The molecule has 0 saturated carbocycles. The highest BCUT2D eigenvalue weighted by Crippen LogP contribution is 2.60. The predicted octanol–water partition coefficient (Wildman–Crippen LogP) is 10.3. The molecule has 5 heteroatoms. The number of benzene rings is 8. The summed E-state index contributed by atoms with van der Waals surface area (Å²) in [4.78, 5) is 4.85. The number of rotatable bonds is 2. The first-order valence-corrected chi connectivity index (χ1v) is 17.9. The van der Waals surface area contributed by atoms with Crippen LogP contribution in [0.4, 0.5) is 34.1 Å². The van der Waals surface area contributed by atoms with Crippen LogP contribution in [0, 0.1) is 0 Å². The van der Waals surface area contributed by atoms with E-state index in [2.05, 4.69) is 180 Å². The van der Waals surface area contributed by atoms with E-state index in [4.69, 9.17) is 9.47 Å². The summed E-state index contributed by atoms with van der Waals surface area (Å²) < 4.78 is 13.4. The largest absolute Gasteiger partial charge is 0.458 e. The van der Waals surface area contributed by atoms with Gasteiger partial charge in [0, 0.05) is 39.8 Å². The molecule has 8 aromatic rings. The second-order valence-corrected chi connectivity index (χ2v) is 14.0. The number of ether oxygens (including phenoxy) is 2. The van der Waals surface area contributed by atoms with Gasteiger partial charge in [0.2, 0.25) is 0 Å². The van der Waals surface area contributed by atoms with Crippen LogP contribution in [-0.4, -0.2) is 6.71 Å². The minimum Gasteiger partial charge on any atom is -0.458 e. The van der Waals surface area contributed by atoms with E-state index in [0.717, 1.165) is 45.7 Å². The lowest BCUT2D eigenvalue weighted by Crippen LogP contribution is -2.59. The molecule has 1 unspecified atom stereocenters. The van der Waals surface area contributed by atoms with Gasteiger partial charge in [-0.05, 0) is 106 Å². The van der Waals surface area contributed by atoms with Gasteiger partial charge in [-0.3, -0.25) is 0 Å². The third-order valence-electron chi connectivity index (χ3n) is 11.4. The molecule has 0 amide bonds. The molecule has 0 N–H and O–H groups in total. The Hall–Kier alpha value is -6.72. The topological polar surface area (TPSA) is 24.9 Å². The Morgan fingerprint density at radius 2 is 0.942 bits per heavy atom. The smallest absolute Gasteiger partial charge is 0.257 e. The lowest BCUT2D eigenvalue weighted by Gasteiger charge is -2.43. The van der Waals surface area contributed by atoms with Gasteiger partial charge in [-0.2, -0.15) is 0 Å². The van der Waals surface area contributed by atoms with Gasteiger partial charge >= 0.3 is 0 Å². The van der Waals surface area contributed by atoms with E-state index in [1.807, 2.05) is 0 Å². The van der Waals surface area contributed by atoms with Crippen LogP contribution in [0.2, 0.25) is 0 Å². The lowest BCUT2D eigenvalue weighted by molar-refractivity contribution is 0.452. The van der Waals surface area contributed by atoms with Crippen molar-refractivity contribution in [1.82, 2.24) is 0 Å². The molecule has 4 aliphatic heterocycles. The fourth-order valence-electron chi connectivity index (χ4n) is 9.38. The van der Waals surface area contributed by atoms with Crippen LogP contribution < -0.4 is 35.7 Å². The third kappa shape index (κ3) is 3.67. The molecule has 4 heterocycles. The summed E-state index contributed by atoms with van der Waals surface area (Å²) in [7, 11) is 0. The van der Waals surface area contributed by atoms with E-state index in [1.54, 1.807) is 0 Å². The molecule has 0 spiro atoms. The van der Waals surface area contributed by atoms with Crippen LogP contribution in [-0.2, 0) is 0 Å². The van der Waals surface area contributed by atoms with E-state index in [9.17, 15) is 0 Å². The zero-order chi connectivity index (χ0) is 33.9. The summed E-state index contributed by atoms with van der Waals surface area (Å²) in [6.45, 7) is -0.00787. The molecule has 242 valence electrons. The summed E-state index contributed by atoms with van der Waals surface area (Å²) in [6, 6.07) is 61.0. The third-order valence-corrected chi connectivity index (χ3v) is 11.4. The van der Waals surface area contributed by atoms with E-state index in [-0.39, 0.29) is 12.6 Å². The van der Waals surface area contributed by atoms with Crippen molar-refractivity contribution < 1.29 is 9.47 Å². The van der Waals surface area contributed by atoms with Crippen molar-refractivity contribution in [3.63, 3.8) is 0 Å². The summed E-state index contributed by atoms with van der Waals surface area (Å²) in [5.41, 5.74) is 14.3. The first kappa shape index (κ1) is 28.0. The van der Waals surface area contributed by atoms with Crippen molar-refractivity contribution in [2.45, 2.75) is 5.92 Å². The summed E-state index contributed by atoms with van der Waals surface area (Å²) >= 11 is 0. The molecule has 1 atom stereocenters. The second kappa shape index (κ2) is 10.4. The van der Waals surface area contributed by atoms with Gasteiger partial charge in [0.15, 0.2) is 0 Å². The SMILES string of the molecule is c1ccc(N2c3cccc4c3B(c3ccccc3O4)c3c2ccc2c4c(ccc32)N(c2ccccc2)c2cccc3c2C4c2ccccc2O3)cc1. The maximum Gasteiger partial charge on any atom is 0.257 e. The average Bonchev–Trinajstić information content (AvgIpc) is 3.21. The van der Waals surface area contributed by atoms with E-state index >= 15 is 0 Å². The molecule has 4 nitrogen and oxygen atoms in total. The Morgan fingerprint density at radius 1 is 0.385 bits per heavy atom. The number of hydrogen-bond donors (Lipinski definition) is 0. The molecule has 0 aromatic heterocycles. The Bertz CT molecular complexity index is 2590. The first-order valence-electron chi connectivity index (χ1n) is 17.9. The Labute approximate surface area is 301 Å². The van der Waals surface area contributed by atoms with Crippen LogP contribution in [0.1, 0.15) is 22.6 Å². The van der Waals surface area contributed by atoms with Crippen molar-refractivity contribution >= 4 is 68.0 Å². The van der Waals surface area contributed by atoms with Crippen molar-refractivity contribution in [2.75, 3.05) is 9.80 Å². The van der Waals surface area contributed by atoms with Crippen LogP contribution >= 0.6 is 0 Å². The molecular formula is C47H29BN2O2. The molecule has 0 fully saturated rings. The minimum absolute atomic E-state index is 0.00787. The number of nitrogens with zero attached hydrogens (tertiary/aromatic N) is 2. The number of anilines is 6. The molecule has 8 aromatic carbocycles. The van der Waals surface area contributed by atoms with Crippen molar-refractivity contribution in [3.05, 3.63) is 187 Å². The lowest BCUT2D eigenvalue weighted by atomic mass is 9.33. The van der Waals surface area contributed by atoms with Gasteiger partial charge in [0.05, 0.1) is 11.4 Å². The van der Waals surface area contributed by atoms with Crippen LogP contribution in [0.25, 0.3) is 10.8 Å². The molecule has 0 bridgehead atoms. The van der Waals surface area contributed by atoms with E-state index in [0.29, 0.717) is 0 Å². The zero-order valence-corrected chi connectivity index (χ0v) is 28.0. The van der Waals surface area contributed by atoms with Gasteiger partial charge < -0.3 is 19.3 Å². The Morgan fingerprint density at radius 3 is 1.75 bits per heavy atom. The molecule has 0 radical (unpaired) electrons. The van der Waals surface area contributed by atoms with Crippen molar-refractivity contribution in [2.24, 2.45) is 0 Å². The number of hydrogen-bond acceptors (Lipinski definition) is 4. The fourth-order valence-corrected chi connectivity index (χ4v) is 9.38. The Balaban J connectivity index is 1.22. The minimum atomic E-state index is -0.00787. The van der Waals surface area contributed by atoms with Crippen molar-refractivity contribution in [3.8, 4) is 23.0 Å². The predicted molar refractivity (Wildman–Crippen MR) is 212 cm³/mol. The second-order valence-electron chi connectivity index (χ2n) is 14.0. The quantitative estimate of drug-likeness (QED) is 0.172. The molecule has 0 saturated heterocycles. The van der Waals surface area contributed by atoms with Gasteiger partial charge in [0.25, 0.3) is 6.71 Å². The first-order chi connectivity index (χ1) is 25.8. The van der Waals surface area contributed by atoms with Crippen LogP contribution in [0.15, 0.2) is 170 Å². The molecule has 4 aliphatic rings. The number of fused-ring (bicyclic) bond motifs is 11. The maximum atomic E-state index is 6.68. The van der Waals surface area contributed by atoms with Gasteiger partial charge in [-0.1, -0.05) is 97.1 Å². The Kier molecular flexibility index (Phi) is 5.61. The average molecular weight is 665 g/mol. The van der Waals surface area contributed by atoms with Gasteiger partial charge in [-0.25, -0.2) is 0 Å². The molecule has 0 aliphatic carbocycles. The van der Waals surface area contributed by atoms with E-state index < -0.39 is 0 Å². The van der Waals surface area contributed by atoms with E-state index in [1.165, 1.54) is 55.2 Å². The molecular weight excluding hydrogens is 635 g/mol. The summed E-state index contributed by atoms with van der Waals surface area (Å²) in [6.07, 6.45) is 0. The normalized spacial score (nSPS) is 15.3. The highest BCUT2D eigenvalue weighted by molar-refractivity contribution is 7.00. The monoisotopic (exact) mass is 664 g/mol. The van der Waals surface area contributed by atoms with Gasteiger partial charge in [0.1, 0.15) is 23.0 Å². The maximum absolute atomic E-state index is 6.68. The summed E-state index contributed by atoms with van der Waals surface area (Å²) in [5, 5.41) is 2.49. The highest BCUT2D eigenvalue weighted by Gasteiger charge is 2.44. The van der Waals surface area contributed by atoms with Gasteiger partial charge in [-0.15, -0.1) is 0 Å². The zero-order valence-electron chi connectivity index (χ0n) is 28.0. The highest BCUT2D eigenvalue weighted by atomic mass is 16.5. The molecule has 12 rings (SSSR count). The van der Waals surface area contributed by atoms with Crippen molar-refractivity contribution in [1.29, 1.82) is 0 Å². The van der Waals surface area contributed by atoms with Crippen LogP contribution in [0.3, 0.4) is 0 Å². The standard InChI is InChI=1S/C47H29BN2O2/c1-3-13-29(14-4-1)49-35-19-11-23-41-45(35)44(33-17-7-9-21-39(33)51-41)43-31-25-28-38-46(32(31)26-27-36(43)49)48-34-18-8-10-22-40(34)52-42-24-12-20-37(47(42)48)50(38)30-15-5-2-6-16-30/h1-28,44H. The summed E-state index contributed by atoms with van der Waals surface area (Å²) in [5.74, 6) is 3.65. The fraction of sp³-hybridized carbons (Fsp3) is 0.0213. The molecule has 52 heavy (non-hydrogen) atoms. The van der Waals surface area contributed by atoms with Crippen LogP contribution in [0.5, 0.6) is 23.0 Å². The number of para-hydroxylation sites is 4.